The van der Waals surface area contributed by atoms with E-state index < -0.39 is 11.6 Å². The molecular formula is C13H11F2NO. The van der Waals surface area contributed by atoms with Gasteiger partial charge >= 0.3 is 0 Å². The van der Waals surface area contributed by atoms with Crippen molar-refractivity contribution in [3.63, 3.8) is 0 Å². The maximum absolute atomic E-state index is 13.2. The summed E-state index contributed by atoms with van der Waals surface area (Å²) in [6, 6.07) is 10.4. The molecule has 88 valence electrons. The van der Waals surface area contributed by atoms with Crippen LogP contribution in [-0.2, 0) is 6.61 Å². The summed E-state index contributed by atoms with van der Waals surface area (Å²) in [5, 5.41) is 0. The van der Waals surface area contributed by atoms with Crippen molar-refractivity contribution in [3.05, 3.63) is 59.7 Å². The molecule has 2 aromatic rings. The molecule has 0 amide bonds. The van der Waals surface area contributed by atoms with Gasteiger partial charge in [0.25, 0.3) is 0 Å². The number of para-hydroxylation sites is 1. The summed E-state index contributed by atoms with van der Waals surface area (Å²) in [6.45, 7) is 0.144. The van der Waals surface area contributed by atoms with Crippen LogP contribution in [0, 0.1) is 11.6 Å². The third kappa shape index (κ3) is 2.72. The molecule has 0 aliphatic carbocycles. The molecule has 0 aliphatic heterocycles. The molecule has 2 N–H and O–H groups in total. The van der Waals surface area contributed by atoms with E-state index in [1.54, 1.807) is 18.2 Å². The van der Waals surface area contributed by atoms with Gasteiger partial charge in [0.1, 0.15) is 12.4 Å². The van der Waals surface area contributed by atoms with Gasteiger partial charge in [-0.15, -0.1) is 0 Å². The van der Waals surface area contributed by atoms with E-state index in [-0.39, 0.29) is 18.0 Å². The maximum atomic E-state index is 13.2. The monoisotopic (exact) mass is 235 g/mol. The first-order valence-electron chi connectivity index (χ1n) is 5.08. The molecule has 2 nitrogen and oxygen atoms in total. The van der Waals surface area contributed by atoms with E-state index in [4.69, 9.17) is 10.5 Å². The summed E-state index contributed by atoms with van der Waals surface area (Å²) in [4.78, 5) is 0. The fourth-order valence-electron chi connectivity index (χ4n) is 1.41. The third-order valence-electron chi connectivity index (χ3n) is 2.29. The van der Waals surface area contributed by atoms with Gasteiger partial charge in [0.15, 0.2) is 11.6 Å². The zero-order chi connectivity index (χ0) is 12.3. The minimum Gasteiger partial charge on any atom is -0.486 e. The first-order chi connectivity index (χ1) is 8.16. The normalized spacial score (nSPS) is 10.2. The largest absolute Gasteiger partial charge is 0.486 e. The van der Waals surface area contributed by atoms with Crippen molar-refractivity contribution >= 4 is 5.69 Å². The predicted molar refractivity (Wildman–Crippen MR) is 61.5 cm³/mol. The Morgan fingerprint density at radius 1 is 1.00 bits per heavy atom. The molecule has 0 saturated carbocycles. The highest BCUT2D eigenvalue weighted by atomic mass is 19.1. The Labute approximate surface area is 97.6 Å². The second-order valence-corrected chi connectivity index (χ2v) is 3.57. The van der Waals surface area contributed by atoms with Gasteiger partial charge in [0.05, 0.1) is 5.69 Å². The summed E-state index contributed by atoms with van der Waals surface area (Å²) in [5.74, 6) is -0.738. The number of rotatable bonds is 3. The van der Waals surface area contributed by atoms with E-state index in [9.17, 15) is 8.78 Å². The van der Waals surface area contributed by atoms with Gasteiger partial charge in [0, 0.05) is 0 Å². The van der Waals surface area contributed by atoms with Crippen molar-refractivity contribution in [3.8, 4) is 5.75 Å². The van der Waals surface area contributed by atoms with Crippen LogP contribution in [0.15, 0.2) is 42.5 Å². The summed E-state index contributed by atoms with van der Waals surface area (Å²) in [5.41, 5.74) is 6.16. The van der Waals surface area contributed by atoms with Gasteiger partial charge in [-0.2, -0.15) is 0 Å². The molecule has 4 heteroatoms. The lowest BCUT2D eigenvalue weighted by Gasteiger charge is -2.07. The molecule has 0 radical (unpaired) electrons. The lowest BCUT2D eigenvalue weighted by atomic mass is 10.2. The SMILES string of the molecule is Nc1cc(COc2ccccc2F)ccc1F. The Kier molecular flexibility index (Phi) is 3.23. The third-order valence-corrected chi connectivity index (χ3v) is 2.29. The minimum atomic E-state index is -0.473. The van der Waals surface area contributed by atoms with Crippen molar-refractivity contribution in [2.45, 2.75) is 6.61 Å². The van der Waals surface area contributed by atoms with Crippen LogP contribution < -0.4 is 10.5 Å². The van der Waals surface area contributed by atoms with Crippen molar-refractivity contribution in [2.75, 3.05) is 5.73 Å². The number of hydrogen-bond acceptors (Lipinski definition) is 2. The van der Waals surface area contributed by atoms with E-state index in [1.165, 1.54) is 24.3 Å². The lowest BCUT2D eigenvalue weighted by molar-refractivity contribution is 0.290. The Bertz CT molecular complexity index is 529. The number of nitrogens with two attached hydrogens (primary N) is 1. The van der Waals surface area contributed by atoms with Crippen molar-refractivity contribution in [1.82, 2.24) is 0 Å². The van der Waals surface area contributed by atoms with Crippen LogP contribution in [0.2, 0.25) is 0 Å². The van der Waals surface area contributed by atoms with E-state index >= 15 is 0 Å². The number of ether oxygens (including phenoxy) is 1. The van der Waals surface area contributed by atoms with Crippen LogP contribution in [0.25, 0.3) is 0 Å². The number of hydrogen-bond donors (Lipinski definition) is 1. The van der Waals surface area contributed by atoms with Gasteiger partial charge < -0.3 is 10.5 Å². The lowest BCUT2D eigenvalue weighted by Crippen LogP contribution is -1.99. The van der Waals surface area contributed by atoms with Crippen LogP contribution in [0.5, 0.6) is 5.75 Å². The topological polar surface area (TPSA) is 35.2 Å². The minimum absolute atomic E-state index is 0.0552. The van der Waals surface area contributed by atoms with Gasteiger partial charge in [-0.05, 0) is 29.8 Å². The maximum Gasteiger partial charge on any atom is 0.165 e. The number of nitrogen functional groups attached to an aromatic ring is 1. The molecule has 0 fully saturated rings. The Hall–Kier alpha value is -2.10. The Balaban J connectivity index is 2.08. The number of anilines is 1. The van der Waals surface area contributed by atoms with Crippen molar-refractivity contribution in [2.24, 2.45) is 0 Å². The smallest absolute Gasteiger partial charge is 0.165 e. The molecule has 0 aliphatic rings. The number of halogens is 2. The zero-order valence-electron chi connectivity index (χ0n) is 8.99. The summed E-state index contributed by atoms with van der Waals surface area (Å²) in [7, 11) is 0. The fourth-order valence-corrected chi connectivity index (χ4v) is 1.41. The molecule has 0 aromatic heterocycles. The van der Waals surface area contributed by atoms with Gasteiger partial charge in [-0.1, -0.05) is 18.2 Å². The average molecular weight is 235 g/mol. The van der Waals surface area contributed by atoms with Gasteiger partial charge in [-0.3, -0.25) is 0 Å². The van der Waals surface area contributed by atoms with Crippen LogP contribution in [0.1, 0.15) is 5.56 Å². The van der Waals surface area contributed by atoms with E-state index in [2.05, 4.69) is 0 Å². The highest BCUT2D eigenvalue weighted by molar-refractivity contribution is 5.42. The first kappa shape index (κ1) is 11.4. The quantitative estimate of drug-likeness (QED) is 0.829. The van der Waals surface area contributed by atoms with E-state index in [0.29, 0.717) is 5.56 Å². The second kappa shape index (κ2) is 4.82. The molecule has 0 unspecified atom stereocenters. The predicted octanol–water partition coefficient (Wildman–Crippen LogP) is 3.13. The van der Waals surface area contributed by atoms with Crippen LogP contribution >= 0.6 is 0 Å². The zero-order valence-corrected chi connectivity index (χ0v) is 8.99. The molecule has 0 spiro atoms. The second-order valence-electron chi connectivity index (χ2n) is 3.57. The first-order valence-corrected chi connectivity index (χ1v) is 5.08. The summed E-state index contributed by atoms with van der Waals surface area (Å²) >= 11 is 0. The molecule has 0 saturated heterocycles. The Morgan fingerprint density at radius 2 is 1.76 bits per heavy atom. The van der Waals surface area contributed by atoms with E-state index in [1.807, 2.05) is 0 Å². The van der Waals surface area contributed by atoms with Crippen LogP contribution in [0.4, 0.5) is 14.5 Å². The highest BCUT2D eigenvalue weighted by Crippen LogP contribution is 2.18. The van der Waals surface area contributed by atoms with Gasteiger partial charge in [0.2, 0.25) is 0 Å². The van der Waals surface area contributed by atoms with Crippen LogP contribution in [-0.4, -0.2) is 0 Å². The number of benzene rings is 2. The molecular weight excluding hydrogens is 224 g/mol. The molecule has 17 heavy (non-hydrogen) atoms. The van der Waals surface area contributed by atoms with Crippen molar-refractivity contribution < 1.29 is 13.5 Å². The average Bonchev–Trinajstić information content (AvgIpc) is 2.32. The molecule has 2 aromatic carbocycles. The molecule has 0 heterocycles. The summed E-state index contributed by atoms with van der Waals surface area (Å²) in [6.07, 6.45) is 0. The molecule has 0 atom stereocenters. The van der Waals surface area contributed by atoms with E-state index in [0.717, 1.165) is 0 Å². The molecule has 0 bridgehead atoms. The van der Waals surface area contributed by atoms with Crippen LogP contribution in [0.3, 0.4) is 0 Å². The highest BCUT2D eigenvalue weighted by Gasteiger charge is 2.03. The van der Waals surface area contributed by atoms with Crippen molar-refractivity contribution in [1.29, 1.82) is 0 Å². The standard InChI is InChI=1S/C13H11F2NO/c14-10-6-5-9(7-12(10)16)8-17-13-4-2-1-3-11(13)15/h1-7H,8,16H2. The molecule has 2 rings (SSSR count). The Morgan fingerprint density at radius 3 is 2.47 bits per heavy atom. The summed E-state index contributed by atoms with van der Waals surface area (Å²) < 4.78 is 31.4. The fraction of sp³-hybridized carbons (Fsp3) is 0.0769. The van der Waals surface area contributed by atoms with Gasteiger partial charge in [-0.25, -0.2) is 8.78 Å².